The number of benzene rings is 3. The number of carbonyl (C=O) groups is 1. The molecular weight excluding hydrogens is 492 g/mol. The number of rotatable bonds is 10. The molecule has 0 spiro atoms. The summed E-state index contributed by atoms with van der Waals surface area (Å²) >= 11 is 1.69. The number of fused-ring (bicyclic) bond motifs is 1. The lowest BCUT2D eigenvalue weighted by Gasteiger charge is -2.13. The molecule has 3 aromatic carbocycles. The van der Waals surface area contributed by atoms with Crippen LogP contribution < -0.4 is 10.1 Å². The number of methoxy groups -OCH3 is 1. The van der Waals surface area contributed by atoms with E-state index in [1.165, 1.54) is 11.1 Å². The lowest BCUT2D eigenvalue weighted by atomic mass is 10.0. The molecule has 0 saturated carbocycles. The second kappa shape index (κ2) is 12.0. The maximum atomic E-state index is 12.8. The first kappa shape index (κ1) is 25.5. The van der Waals surface area contributed by atoms with E-state index < -0.39 is 0 Å². The van der Waals surface area contributed by atoms with Crippen LogP contribution in [0, 0.1) is 0 Å². The first-order chi connectivity index (χ1) is 18.6. The lowest BCUT2D eigenvalue weighted by Crippen LogP contribution is -2.27. The van der Waals surface area contributed by atoms with Gasteiger partial charge in [-0.05, 0) is 52.9 Å². The fourth-order valence-corrected chi connectivity index (χ4v) is 5.24. The zero-order chi connectivity index (χ0) is 26.3. The van der Waals surface area contributed by atoms with E-state index >= 15 is 0 Å². The lowest BCUT2D eigenvalue weighted by molar-refractivity contribution is 0.0951. The highest BCUT2D eigenvalue weighted by Gasteiger charge is 2.14. The third-order valence-corrected chi connectivity index (χ3v) is 7.58. The minimum Gasteiger partial charge on any atom is -0.497 e. The van der Waals surface area contributed by atoms with Gasteiger partial charge in [-0.2, -0.15) is 0 Å². The van der Waals surface area contributed by atoms with Gasteiger partial charge in [-0.1, -0.05) is 73.3 Å². The van der Waals surface area contributed by atoms with E-state index in [4.69, 9.17) is 9.72 Å². The van der Waals surface area contributed by atoms with E-state index in [1.54, 1.807) is 25.1 Å². The molecule has 1 N–H and O–H groups in total. The summed E-state index contributed by atoms with van der Waals surface area (Å²) in [6.45, 7) is 3.35. The van der Waals surface area contributed by atoms with Gasteiger partial charge in [0.05, 0.1) is 30.9 Å². The molecule has 0 saturated heterocycles. The van der Waals surface area contributed by atoms with Crippen LogP contribution in [0.2, 0.25) is 0 Å². The molecule has 1 amide bonds. The number of amides is 1. The van der Waals surface area contributed by atoms with Gasteiger partial charge < -0.3 is 14.6 Å². The van der Waals surface area contributed by atoms with Gasteiger partial charge in [-0.25, -0.2) is 4.98 Å². The molecule has 0 aliphatic rings. The van der Waals surface area contributed by atoms with Crippen LogP contribution in [-0.4, -0.2) is 34.1 Å². The first-order valence-corrected chi connectivity index (χ1v) is 13.6. The summed E-state index contributed by atoms with van der Waals surface area (Å²) < 4.78 is 7.46. The molecule has 0 unspecified atom stereocenters. The molecule has 7 heteroatoms. The summed E-state index contributed by atoms with van der Waals surface area (Å²) in [6.07, 6.45) is 3.62. The Hall–Kier alpha value is -4.10. The van der Waals surface area contributed by atoms with E-state index in [0.29, 0.717) is 18.7 Å². The van der Waals surface area contributed by atoms with Crippen LogP contribution in [0.1, 0.15) is 39.9 Å². The first-order valence-electron chi connectivity index (χ1n) is 12.6. The van der Waals surface area contributed by atoms with Crippen LogP contribution in [0.15, 0.2) is 102 Å². The van der Waals surface area contributed by atoms with Gasteiger partial charge >= 0.3 is 0 Å². The largest absolute Gasteiger partial charge is 0.497 e. The summed E-state index contributed by atoms with van der Waals surface area (Å²) in [5.41, 5.74) is 6.06. The molecule has 2 aromatic heterocycles. The number of ether oxygens (including phenoxy) is 1. The Morgan fingerprint density at radius 1 is 0.974 bits per heavy atom. The molecule has 0 bridgehead atoms. The Morgan fingerprint density at radius 3 is 2.45 bits per heavy atom. The number of pyridine rings is 1. The van der Waals surface area contributed by atoms with Crippen molar-refractivity contribution in [1.82, 2.24) is 19.9 Å². The Morgan fingerprint density at radius 2 is 1.71 bits per heavy atom. The smallest absolute Gasteiger partial charge is 0.251 e. The topological polar surface area (TPSA) is 69.0 Å². The van der Waals surface area contributed by atoms with Gasteiger partial charge in [-0.3, -0.25) is 9.78 Å². The maximum absolute atomic E-state index is 12.8. The van der Waals surface area contributed by atoms with Crippen molar-refractivity contribution in [2.24, 2.45) is 0 Å². The second-order valence-corrected chi connectivity index (χ2v) is 10.1. The SMILES string of the molecule is COc1ccc(CSc2nc3ccncc3n2Cc2ccc(C(=O)NC[C@@H](C)c3ccccc3)cc2)cc1. The highest BCUT2D eigenvalue weighted by Crippen LogP contribution is 2.28. The third kappa shape index (κ3) is 6.06. The summed E-state index contributed by atoms with van der Waals surface area (Å²) in [4.78, 5) is 21.9. The molecule has 1 atom stereocenters. The van der Waals surface area contributed by atoms with Gasteiger partial charge in [0.25, 0.3) is 5.91 Å². The Bertz CT molecular complexity index is 1500. The average molecular weight is 523 g/mol. The van der Waals surface area contributed by atoms with Crippen molar-refractivity contribution in [2.75, 3.05) is 13.7 Å². The van der Waals surface area contributed by atoms with Crippen molar-refractivity contribution in [2.45, 2.75) is 30.3 Å². The highest BCUT2D eigenvalue weighted by atomic mass is 32.2. The second-order valence-electron chi connectivity index (χ2n) is 9.20. The monoisotopic (exact) mass is 522 g/mol. The molecule has 2 heterocycles. The van der Waals surface area contributed by atoms with Gasteiger partial charge in [0.1, 0.15) is 5.75 Å². The maximum Gasteiger partial charge on any atom is 0.251 e. The zero-order valence-corrected chi connectivity index (χ0v) is 22.3. The quantitative estimate of drug-likeness (QED) is 0.218. The number of nitrogens with zero attached hydrogens (tertiary/aromatic N) is 3. The molecule has 192 valence electrons. The van der Waals surface area contributed by atoms with E-state index in [0.717, 1.165) is 33.3 Å². The molecular formula is C31H30N4O2S. The zero-order valence-electron chi connectivity index (χ0n) is 21.5. The van der Waals surface area contributed by atoms with Crippen LogP contribution in [0.3, 0.4) is 0 Å². The van der Waals surface area contributed by atoms with Crippen molar-refractivity contribution < 1.29 is 9.53 Å². The van der Waals surface area contributed by atoms with Crippen LogP contribution in [0.25, 0.3) is 11.0 Å². The van der Waals surface area contributed by atoms with E-state index in [-0.39, 0.29) is 11.8 Å². The van der Waals surface area contributed by atoms with Crippen LogP contribution in [0.5, 0.6) is 5.75 Å². The van der Waals surface area contributed by atoms with Crippen molar-refractivity contribution >= 4 is 28.7 Å². The number of imidazole rings is 1. The molecule has 0 fully saturated rings. The Balaban J connectivity index is 1.26. The van der Waals surface area contributed by atoms with Gasteiger partial charge in [-0.15, -0.1) is 0 Å². The van der Waals surface area contributed by atoms with Crippen LogP contribution in [0.4, 0.5) is 0 Å². The minimum atomic E-state index is -0.0626. The predicted molar refractivity (Wildman–Crippen MR) is 153 cm³/mol. The van der Waals surface area contributed by atoms with Crippen molar-refractivity contribution in [1.29, 1.82) is 0 Å². The van der Waals surface area contributed by atoms with Gasteiger partial charge in [0.2, 0.25) is 0 Å². The Kier molecular flexibility index (Phi) is 8.04. The third-order valence-electron chi connectivity index (χ3n) is 6.54. The highest BCUT2D eigenvalue weighted by molar-refractivity contribution is 7.98. The summed E-state index contributed by atoms with van der Waals surface area (Å²) in [7, 11) is 1.67. The van der Waals surface area contributed by atoms with Gasteiger partial charge in [0, 0.05) is 24.1 Å². The van der Waals surface area contributed by atoms with Crippen LogP contribution in [-0.2, 0) is 12.3 Å². The average Bonchev–Trinajstić information content (AvgIpc) is 3.32. The van der Waals surface area contributed by atoms with E-state index in [9.17, 15) is 4.79 Å². The Labute approximate surface area is 227 Å². The van der Waals surface area contributed by atoms with Crippen molar-refractivity contribution in [3.8, 4) is 5.75 Å². The number of carbonyl (C=O) groups excluding carboxylic acids is 1. The fraction of sp³-hybridized carbons (Fsp3) is 0.194. The number of aromatic nitrogens is 3. The molecule has 6 nitrogen and oxygen atoms in total. The number of hydrogen-bond donors (Lipinski definition) is 1. The number of hydrogen-bond acceptors (Lipinski definition) is 5. The molecule has 38 heavy (non-hydrogen) atoms. The van der Waals surface area contributed by atoms with Crippen molar-refractivity contribution in [3.63, 3.8) is 0 Å². The molecule has 5 rings (SSSR count). The molecule has 0 aliphatic heterocycles. The summed E-state index contributed by atoms with van der Waals surface area (Å²) in [6, 6.07) is 28.1. The van der Waals surface area contributed by atoms with Crippen molar-refractivity contribution in [3.05, 3.63) is 120 Å². The minimum absolute atomic E-state index is 0.0626. The number of thioether (sulfide) groups is 1. The summed E-state index contributed by atoms with van der Waals surface area (Å²) in [5.74, 6) is 1.82. The van der Waals surface area contributed by atoms with Gasteiger partial charge in [0.15, 0.2) is 5.16 Å². The van der Waals surface area contributed by atoms with E-state index in [2.05, 4.69) is 46.1 Å². The molecule has 0 radical (unpaired) electrons. The molecule has 5 aromatic rings. The fourth-order valence-electron chi connectivity index (χ4n) is 4.27. The normalized spacial score (nSPS) is 11.8. The van der Waals surface area contributed by atoms with E-state index in [1.807, 2.05) is 66.9 Å². The number of nitrogens with one attached hydrogen (secondary N) is 1. The standard InChI is InChI=1S/C31H30N4O2S/c1-22(25-6-4-3-5-7-25)18-33-30(36)26-12-8-23(9-13-26)20-35-29-19-32-17-16-28(29)34-31(35)38-21-24-10-14-27(37-2)15-11-24/h3-17,19,22H,18,20-21H2,1-2H3,(H,33,36)/t22-/m1/s1. The summed E-state index contributed by atoms with van der Waals surface area (Å²) in [5, 5.41) is 3.99. The predicted octanol–water partition coefficient (Wildman–Crippen LogP) is 6.31. The van der Waals surface area contributed by atoms with Crippen LogP contribution >= 0.6 is 11.8 Å². The molecule has 0 aliphatic carbocycles.